The fourth-order valence-electron chi connectivity index (χ4n) is 4.48. The highest BCUT2D eigenvalue weighted by molar-refractivity contribution is 5.48. The van der Waals surface area contributed by atoms with Crippen LogP contribution in [0.2, 0.25) is 0 Å². The van der Waals surface area contributed by atoms with Crippen molar-refractivity contribution in [3.05, 3.63) is 107 Å². The lowest BCUT2D eigenvalue weighted by Crippen LogP contribution is -2.48. The average Bonchev–Trinajstić information content (AvgIpc) is 3.29. The van der Waals surface area contributed by atoms with Gasteiger partial charge in [-0.15, -0.1) is 5.10 Å². The Morgan fingerprint density at radius 1 is 0.848 bits per heavy atom. The van der Waals surface area contributed by atoms with Gasteiger partial charge in [0.2, 0.25) is 0 Å². The van der Waals surface area contributed by atoms with Crippen LogP contribution in [0.5, 0.6) is 0 Å². The molecule has 2 heterocycles. The normalized spacial score (nSPS) is 15.5. The molecular formula is C26H27FN6. The first kappa shape index (κ1) is 21.3. The molecule has 0 amide bonds. The Morgan fingerprint density at radius 2 is 1.55 bits per heavy atom. The molecule has 0 aliphatic carbocycles. The molecule has 0 saturated carbocycles. The molecule has 0 radical (unpaired) electrons. The van der Waals surface area contributed by atoms with Crippen LogP contribution in [0.3, 0.4) is 0 Å². The number of anilines is 1. The number of piperazine rings is 1. The highest BCUT2D eigenvalue weighted by atomic mass is 19.1. The SMILES string of the molecule is Cc1ccc([C@H](c2nnnn2Cc2ccccc2)N2CCN(c3ccccc3F)CC2)cc1. The van der Waals surface area contributed by atoms with Crippen molar-refractivity contribution in [2.45, 2.75) is 19.5 Å². The second kappa shape index (κ2) is 9.50. The van der Waals surface area contributed by atoms with Gasteiger partial charge in [-0.1, -0.05) is 72.3 Å². The Balaban J connectivity index is 1.43. The smallest absolute Gasteiger partial charge is 0.173 e. The summed E-state index contributed by atoms with van der Waals surface area (Å²) in [5.41, 5.74) is 4.19. The largest absolute Gasteiger partial charge is 0.367 e. The van der Waals surface area contributed by atoms with Crippen molar-refractivity contribution in [3.8, 4) is 0 Å². The molecule has 1 aliphatic rings. The average molecular weight is 443 g/mol. The van der Waals surface area contributed by atoms with Crippen LogP contribution in [0.1, 0.15) is 28.6 Å². The highest BCUT2D eigenvalue weighted by Gasteiger charge is 2.31. The fraction of sp³-hybridized carbons (Fsp3) is 0.269. The van der Waals surface area contributed by atoms with Gasteiger partial charge in [0.1, 0.15) is 5.82 Å². The summed E-state index contributed by atoms with van der Waals surface area (Å²) < 4.78 is 16.2. The molecule has 0 unspecified atom stereocenters. The van der Waals surface area contributed by atoms with Gasteiger partial charge >= 0.3 is 0 Å². The summed E-state index contributed by atoms with van der Waals surface area (Å²) >= 11 is 0. The second-order valence-corrected chi connectivity index (χ2v) is 8.47. The third kappa shape index (κ3) is 4.64. The molecule has 4 aromatic rings. The number of benzene rings is 3. The summed E-state index contributed by atoms with van der Waals surface area (Å²) in [7, 11) is 0. The van der Waals surface area contributed by atoms with Gasteiger partial charge in [0.15, 0.2) is 5.82 Å². The maximum atomic E-state index is 14.3. The lowest BCUT2D eigenvalue weighted by molar-refractivity contribution is 0.201. The van der Waals surface area contributed by atoms with Crippen molar-refractivity contribution in [3.63, 3.8) is 0 Å². The summed E-state index contributed by atoms with van der Waals surface area (Å²) in [5.74, 6) is 0.648. The Hall–Kier alpha value is -3.58. The van der Waals surface area contributed by atoms with Gasteiger partial charge in [-0.25, -0.2) is 9.07 Å². The van der Waals surface area contributed by atoms with Crippen molar-refractivity contribution >= 4 is 5.69 Å². The molecule has 0 N–H and O–H groups in total. The molecule has 1 aromatic heterocycles. The monoisotopic (exact) mass is 442 g/mol. The number of halogens is 1. The summed E-state index contributed by atoms with van der Waals surface area (Å²) in [6.07, 6.45) is 0. The van der Waals surface area contributed by atoms with Gasteiger partial charge in [0.25, 0.3) is 0 Å². The van der Waals surface area contributed by atoms with Crippen LogP contribution in [0.4, 0.5) is 10.1 Å². The van der Waals surface area contributed by atoms with Crippen molar-refractivity contribution in [2.75, 3.05) is 31.1 Å². The molecule has 0 bridgehead atoms. The maximum Gasteiger partial charge on any atom is 0.173 e. The summed E-state index contributed by atoms with van der Waals surface area (Å²) in [5, 5.41) is 12.8. The van der Waals surface area contributed by atoms with E-state index >= 15 is 0 Å². The summed E-state index contributed by atoms with van der Waals surface area (Å²) in [6.45, 7) is 5.75. The van der Waals surface area contributed by atoms with Gasteiger partial charge in [0.05, 0.1) is 18.3 Å². The summed E-state index contributed by atoms with van der Waals surface area (Å²) in [6, 6.07) is 25.7. The number of hydrogen-bond donors (Lipinski definition) is 0. The Bertz CT molecular complexity index is 1180. The van der Waals surface area contributed by atoms with Crippen LogP contribution in [0.25, 0.3) is 0 Å². The molecule has 33 heavy (non-hydrogen) atoms. The van der Waals surface area contributed by atoms with Gasteiger partial charge in [-0.3, -0.25) is 4.90 Å². The molecule has 0 spiro atoms. The first-order valence-corrected chi connectivity index (χ1v) is 11.3. The maximum absolute atomic E-state index is 14.3. The number of aryl methyl sites for hydroxylation is 1. The molecular weight excluding hydrogens is 415 g/mol. The van der Waals surface area contributed by atoms with E-state index in [4.69, 9.17) is 0 Å². The van der Waals surface area contributed by atoms with Crippen molar-refractivity contribution in [1.29, 1.82) is 0 Å². The van der Waals surface area contributed by atoms with Crippen LogP contribution < -0.4 is 4.90 Å². The van der Waals surface area contributed by atoms with E-state index in [1.165, 1.54) is 11.6 Å². The van der Waals surface area contributed by atoms with Crippen molar-refractivity contribution < 1.29 is 4.39 Å². The van der Waals surface area contributed by atoms with E-state index in [0.717, 1.165) is 43.1 Å². The standard InChI is InChI=1S/C26H27FN6/c1-20-11-13-22(14-12-20)25(26-28-29-30-33(26)19-21-7-3-2-4-8-21)32-17-15-31(16-18-32)24-10-6-5-9-23(24)27/h2-14,25H,15-19H2,1H3/t25-/m1/s1. The molecule has 1 fully saturated rings. The second-order valence-electron chi connectivity index (χ2n) is 8.47. The van der Waals surface area contributed by atoms with E-state index in [0.29, 0.717) is 12.2 Å². The number of nitrogens with zero attached hydrogens (tertiary/aromatic N) is 6. The Kier molecular flexibility index (Phi) is 6.13. The van der Waals surface area contributed by atoms with Gasteiger partial charge < -0.3 is 4.90 Å². The summed E-state index contributed by atoms with van der Waals surface area (Å²) in [4.78, 5) is 4.51. The number of tetrazole rings is 1. The number of hydrogen-bond acceptors (Lipinski definition) is 5. The molecule has 1 aliphatic heterocycles. The quantitative estimate of drug-likeness (QED) is 0.450. The molecule has 3 aromatic carbocycles. The number of para-hydroxylation sites is 1. The molecule has 1 atom stereocenters. The number of aromatic nitrogens is 4. The lowest BCUT2D eigenvalue weighted by atomic mass is 10.0. The minimum atomic E-state index is -0.173. The van der Waals surface area contributed by atoms with E-state index in [9.17, 15) is 4.39 Å². The van der Waals surface area contributed by atoms with Gasteiger partial charge in [0, 0.05) is 26.2 Å². The van der Waals surface area contributed by atoms with E-state index in [-0.39, 0.29) is 11.9 Å². The minimum Gasteiger partial charge on any atom is -0.367 e. The van der Waals surface area contributed by atoms with Crippen LogP contribution >= 0.6 is 0 Å². The zero-order valence-corrected chi connectivity index (χ0v) is 18.7. The van der Waals surface area contributed by atoms with Crippen LogP contribution in [-0.4, -0.2) is 51.3 Å². The third-order valence-electron chi connectivity index (χ3n) is 6.24. The van der Waals surface area contributed by atoms with E-state index < -0.39 is 0 Å². The van der Waals surface area contributed by atoms with Crippen LogP contribution in [0, 0.1) is 12.7 Å². The van der Waals surface area contributed by atoms with Crippen molar-refractivity contribution in [1.82, 2.24) is 25.1 Å². The molecule has 168 valence electrons. The van der Waals surface area contributed by atoms with E-state index in [1.54, 1.807) is 6.07 Å². The van der Waals surface area contributed by atoms with Crippen LogP contribution in [0.15, 0.2) is 78.9 Å². The molecule has 5 rings (SSSR count). The van der Waals surface area contributed by atoms with Crippen molar-refractivity contribution in [2.24, 2.45) is 0 Å². The third-order valence-corrected chi connectivity index (χ3v) is 6.24. The van der Waals surface area contributed by atoms with Crippen LogP contribution in [-0.2, 0) is 6.54 Å². The molecule has 7 heteroatoms. The first-order valence-electron chi connectivity index (χ1n) is 11.3. The highest BCUT2D eigenvalue weighted by Crippen LogP contribution is 2.30. The lowest BCUT2D eigenvalue weighted by Gasteiger charge is -2.40. The van der Waals surface area contributed by atoms with Gasteiger partial charge in [-0.05, 0) is 40.6 Å². The first-order chi connectivity index (χ1) is 16.2. The predicted molar refractivity (Wildman–Crippen MR) is 127 cm³/mol. The van der Waals surface area contributed by atoms with E-state index in [2.05, 4.69) is 68.6 Å². The van der Waals surface area contributed by atoms with E-state index in [1.807, 2.05) is 35.0 Å². The van der Waals surface area contributed by atoms with Gasteiger partial charge in [-0.2, -0.15) is 0 Å². The predicted octanol–water partition coefficient (Wildman–Crippen LogP) is 4.08. The molecule has 1 saturated heterocycles. The Labute approximate surface area is 193 Å². The topological polar surface area (TPSA) is 50.1 Å². The zero-order chi connectivity index (χ0) is 22.6. The fourth-order valence-corrected chi connectivity index (χ4v) is 4.48. The number of rotatable bonds is 6. The Morgan fingerprint density at radius 3 is 2.27 bits per heavy atom. The zero-order valence-electron chi connectivity index (χ0n) is 18.7. The minimum absolute atomic E-state index is 0.0768. The molecule has 6 nitrogen and oxygen atoms in total.